The molecule has 4 nitrogen and oxygen atoms in total. The molecule has 1 amide bonds. The second kappa shape index (κ2) is 6.61. The fourth-order valence-corrected chi connectivity index (χ4v) is 1.64. The Morgan fingerprint density at radius 1 is 1.53 bits per heavy atom. The predicted octanol–water partition coefficient (Wildman–Crippen LogP) is 1.76. The molecule has 0 atom stereocenters. The van der Waals surface area contributed by atoms with E-state index in [-0.39, 0.29) is 12.5 Å². The van der Waals surface area contributed by atoms with Crippen LogP contribution >= 0.6 is 15.9 Å². The Labute approximate surface area is 110 Å². The van der Waals surface area contributed by atoms with Crippen molar-refractivity contribution in [2.45, 2.75) is 13.5 Å². The number of nitrogens with zero attached hydrogens (tertiary/aromatic N) is 1. The Bertz CT molecular complexity index is 396. The van der Waals surface area contributed by atoms with E-state index in [1.165, 1.54) is 0 Å². The molecule has 0 aromatic heterocycles. The van der Waals surface area contributed by atoms with Gasteiger partial charge in [0.05, 0.1) is 0 Å². The van der Waals surface area contributed by atoms with Crippen molar-refractivity contribution in [3.63, 3.8) is 0 Å². The molecule has 0 saturated heterocycles. The number of rotatable bonds is 5. The van der Waals surface area contributed by atoms with Crippen molar-refractivity contribution in [2.24, 2.45) is 5.73 Å². The molecule has 0 radical (unpaired) electrons. The van der Waals surface area contributed by atoms with E-state index in [2.05, 4.69) is 15.9 Å². The third kappa shape index (κ3) is 4.02. The number of nitrogens with two attached hydrogens (primary N) is 1. The van der Waals surface area contributed by atoms with Crippen LogP contribution in [-0.4, -0.2) is 31.0 Å². The summed E-state index contributed by atoms with van der Waals surface area (Å²) < 4.78 is 6.37. The molecule has 2 N–H and O–H groups in total. The van der Waals surface area contributed by atoms with Crippen LogP contribution in [0.25, 0.3) is 0 Å². The standard InChI is InChI=1S/C12H17BrN2O2/c1-3-15(2)12(16)8-17-10-4-5-11(13)9(6-10)7-14/h4-6H,3,7-8,14H2,1-2H3. The highest BCUT2D eigenvalue weighted by Crippen LogP contribution is 2.22. The van der Waals surface area contributed by atoms with Crippen LogP contribution in [0.3, 0.4) is 0 Å². The summed E-state index contributed by atoms with van der Waals surface area (Å²) in [6.07, 6.45) is 0. The lowest BCUT2D eigenvalue weighted by Gasteiger charge is -2.15. The lowest BCUT2D eigenvalue weighted by Crippen LogP contribution is -2.31. The van der Waals surface area contributed by atoms with Crippen molar-refractivity contribution < 1.29 is 9.53 Å². The molecule has 0 unspecified atom stereocenters. The maximum absolute atomic E-state index is 11.5. The number of halogens is 1. The SMILES string of the molecule is CCN(C)C(=O)COc1ccc(Br)c(CN)c1. The van der Waals surface area contributed by atoms with Crippen LogP contribution in [0.2, 0.25) is 0 Å². The highest BCUT2D eigenvalue weighted by Gasteiger charge is 2.08. The van der Waals surface area contributed by atoms with Crippen LogP contribution in [0, 0.1) is 0 Å². The van der Waals surface area contributed by atoms with Crippen LogP contribution in [0.5, 0.6) is 5.75 Å². The molecule has 0 fully saturated rings. The van der Waals surface area contributed by atoms with Gasteiger partial charge in [-0.2, -0.15) is 0 Å². The fourth-order valence-electron chi connectivity index (χ4n) is 1.23. The van der Waals surface area contributed by atoms with Crippen molar-refractivity contribution in [3.8, 4) is 5.75 Å². The summed E-state index contributed by atoms with van der Waals surface area (Å²) >= 11 is 3.39. The minimum Gasteiger partial charge on any atom is -0.484 e. The van der Waals surface area contributed by atoms with Crippen LogP contribution in [-0.2, 0) is 11.3 Å². The molecule has 0 saturated carbocycles. The summed E-state index contributed by atoms with van der Waals surface area (Å²) in [5, 5.41) is 0. The van der Waals surface area contributed by atoms with Crippen molar-refractivity contribution >= 4 is 21.8 Å². The Morgan fingerprint density at radius 3 is 2.82 bits per heavy atom. The normalized spacial score (nSPS) is 10.1. The van der Waals surface area contributed by atoms with Gasteiger partial charge in [-0.3, -0.25) is 4.79 Å². The van der Waals surface area contributed by atoms with E-state index in [0.29, 0.717) is 18.8 Å². The number of carbonyl (C=O) groups is 1. The smallest absolute Gasteiger partial charge is 0.260 e. The van der Waals surface area contributed by atoms with Crippen molar-refractivity contribution in [3.05, 3.63) is 28.2 Å². The van der Waals surface area contributed by atoms with E-state index in [9.17, 15) is 4.79 Å². The first-order valence-corrected chi connectivity index (χ1v) is 6.23. The molecule has 1 aromatic carbocycles. The quantitative estimate of drug-likeness (QED) is 0.901. The lowest BCUT2D eigenvalue weighted by atomic mass is 10.2. The number of amides is 1. The average molecular weight is 301 g/mol. The third-order valence-corrected chi connectivity index (χ3v) is 3.27. The van der Waals surface area contributed by atoms with Gasteiger partial charge in [0.2, 0.25) is 0 Å². The van der Waals surface area contributed by atoms with Crippen LogP contribution in [0.4, 0.5) is 0 Å². The molecule has 1 rings (SSSR count). The number of benzene rings is 1. The van der Waals surface area contributed by atoms with Crippen molar-refractivity contribution in [1.82, 2.24) is 4.90 Å². The van der Waals surface area contributed by atoms with Gasteiger partial charge in [0, 0.05) is 24.6 Å². The van der Waals surface area contributed by atoms with E-state index in [1.54, 1.807) is 11.9 Å². The number of ether oxygens (including phenoxy) is 1. The average Bonchev–Trinajstić information content (AvgIpc) is 2.36. The molecular formula is C12H17BrN2O2. The van der Waals surface area contributed by atoms with E-state index in [1.807, 2.05) is 25.1 Å². The molecule has 0 spiro atoms. The van der Waals surface area contributed by atoms with Crippen LogP contribution < -0.4 is 10.5 Å². The summed E-state index contributed by atoms with van der Waals surface area (Å²) in [7, 11) is 1.75. The van der Waals surface area contributed by atoms with Gasteiger partial charge in [0.1, 0.15) is 5.75 Å². The second-order valence-corrected chi connectivity index (χ2v) is 4.51. The van der Waals surface area contributed by atoms with E-state index in [0.717, 1.165) is 10.0 Å². The molecule has 0 aliphatic heterocycles. The minimum atomic E-state index is -0.0373. The van der Waals surface area contributed by atoms with Gasteiger partial charge in [-0.15, -0.1) is 0 Å². The lowest BCUT2D eigenvalue weighted by molar-refractivity contribution is -0.131. The van der Waals surface area contributed by atoms with Gasteiger partial charge in [-0.25, -0.2) is 0 Å². The van der Waals surface area contributed by atoms with Gasteiger partial charge in [0.25, 0.3) is 5.91 Å². The Kier molecular flexibility index (Phi) is 5.44. The van der Waals surface area contributed by atoms with Crippen molar-refractivity contribution in [2.75, 3.05) is 20.2 Å². The van der Waals surface area contributed by atoms with Gasteiger partial charge in [-0.1, -0.05) is 15.9 Å². The molecule has 0 aliphatic rings. The summed E-state index contributed by atoms with van der Waals surface area (Å²) in [4.78, 5) is 13.1. The van der Waals surface area contributed by atoms with Gasteiger partial charge >= 0.3 is 0 Å². The first kappa shape index (κ1) is 14.0. The molecule has 0 heterocycles. The van der Waals surface area contributed by atoms with E-state index in [4.69, 9.17) is 10.5 Å². The zero-order valence-electron chi connectivity index (χ0n) is 10.1. The Hall–Kier alpha value is -1.07. The van der Waals surface area contributed by atoms with Gasteiger partial charge < -0.3 is 15.4 Å². The first-order valence-electron chi connectivity index (χ1n) is 5.43. The predicted molar refractivity (Wildman–Crippen MR) is 70.8 cm³/mol. The molecule has 0 bridgehead atoms. The summed E-state index contributed by atoms with van der Waals surface area (Å²) in [6, 6.07) is 5.51. The Morgan fingerprint density at radius 2 is 2.24 bits per heavy atom. The highest BCUT2D eigenvalue weighted by molar-refractivity contribution is 9.10. The Balaban J connectivity index is 2.61. The molecule has 5 heteroatoms. The number of likely N-dealkylation sites (N-methyl/N-ethyl adjacent to an activating group) is 1. The number of hydrogen-bond donors (Lipinski definition) is 1. The first-order chi connectivity index (χ1) is 8.08. The highest BCUT2D eigenvalue weighted by atomic mass is 79.9. The van der Waals surface area contributed by atoms with E-state index >= 15 is 0 Å². The monoisotopic (exact) mass is 300 g/mol. The largest absolute Gasteiger partial charge is 0.484 e. The maximum atomic E-state index is 11.5. The topological polar surface area (TPSA) is 55.6 Å². The molecule has 1 aromatic rings. The van der Waals surface area contributed by atoms with Gasteiger partial charge in [-0.05, 0) is 30.7 Å². The molecular weight excluding hydrogens is 284 g/mol. The number of hydrogen-bond acceptors (Lipinski definition) is 3. The second-order valence-electron chi connectivity index (χ2n) is 3.65. The minimum absolute atomic E-state index is 0.0373. The van der Waals surface area contributed by atoms with Crippen LogP contribution in [0.15, 0.2) is 22.7 Å². The third-order valence-electron chi connectivity index (χ3n) is 2.50. The summed E-state index contributed by atoms with van der Waals surface area (Å²) in [6.45, 7) is 3.08. The molecule has 17 heavy (non-hydrogen) atoms. The molecule has 0 aliphatic carbocycles. The maximum Gasteiger partial charge on any atom is 0.260 e. The van der Waals surface area contributed by atoms with Gasteiger partial charge in [0.15, 0.2) is 6.61 Å². The summed E-state index contributed by atoms with van der Waals surface area (Å²) in [5.74, 6) is 0.622. The molecule has 94 valence electrons. The zero-order chi connectivity index (χ0) is 12.8. The fraction of sp³-hybridized carbons (Fsp3) is 0.417. The summed E-state index contributed by atoms with van der Waals surface area (Å²) in [5.41, 5.74) is 6.54. The van der Waals surface area contributed by atoms with Crippen LogP contribution in [0.1, 0.15) is 12.5 Å². The number of carbonyl (C=O) groups excluding carboxylic acids is 1. The van der Waals surface area contributed by atoms with E-state index < -0.39 is 0 Å². The van der Waals surface area contributed by atoms with Crippen molar-refractivity contribution in [1.29, 1.82) is 0 Å². The zero-order valence-corrected chi connectivity index (χ0v) is 11.7.